The Kier molecular flexibility index (Phi) is 4.91. The first-order valence-corrected chi connectivity index (χ1v) is 9.92. The summed E-state index contributed by atoms with van der Waals surface area (Å²) in [4.78, 5) is 55.3. The Balaban J connectivity index is 1.52. The molecular formula is C21H25N3O4. The lowest BCUT2D eigenvalue weighted by Crippen LogP contribution is -2.53. The fourth-order valence-corrected chi connectivity index (χ4v) is 4.68. The number of hydrogen-bond donors (Lipinski definition) is 0. The molecule has 7 nitrogen and oxygen atoms in total. The molecule has 4 amide bonds. The minimum Gasteiger partial charge on any atom is -0.342 e. The molecule has 1 aromatic carbocycles. The van der Waals surface area contributed by atoms with Crippen LogP contribution in [0.2, 0.25) is 0 Å². The van der Waals surface area contributed by atoms with Crippen LogP contribution < -0.4 is 0 Å². The summed E-state index contributed by atoms with van der Waals surface area (Å²) in [5, 5.41) is 0. The van der Waals surface area contributed by atoms with Gasteiger partial charge >= 0.3 is 0 Å². The van der Waals surface area contributed by atoms with Crippen molar-refractivity contribution in [1.29, 1.82) is 0 Å². The summed E-state index contributed by atoms with van der Waals surface area (Å²) in [6.07, 6.45) is 1.96. The lowest BCUT2D eigenvalue weighted by Gasteiger charge is -2.36. The van der Waals surface area contributed by atoms with E-state index in [-0.39, 0.29) is 36.1 Å². The van der Waals surface area contributed by atoms with Gasteiger partial charge in [-0.05, 0) is 24.8 Å². The summed E-state index contributed by atoms with van der Waals surface area (Å²) < 4.78 is 0. The maximum atomic E-state index is 13.1. The largest absolute Gasteiger partial charge is 0.342 e. The smallest absolute Gasteiger partial charge is 0.253 e. The molecule has 3 saturated heterocycles. The minimum atomic E-state index is -0.691. The van der Waals surface area contributed by atoms with Crippen molar-refractivity contribution in [3.8, 4) is 0 Å². The molecule has 3 heterocycles. The number of nitrogens with zero attached hydrogens (tertiary/aromatic N) is 3. The van der Waals surface area contributed by atoms with E-state index in [1.54, 1.807) is 9.80 Å². The van der Waals surface area contributed by atoms with Gasteiger partial charge < -0.3 is 9.80 Å². The predicted molar refractivity (Wildman–Crippen MR) is 101 cm³/mol. The van der Waals surface area contributed by atoms with Crippen molar-refractivity contribution in [2.24, 2.45) is 11.8 Å². The molecule has 0 aliphatic carbocycles. The summed E-state index contributed by atoms with van der Waals surface area (Å²) in [7, 11) is 0. The topological polar surface area (TPSA) is 78.0 Å². The number of carbonyl (C=O) groups is 4. The average molecular weight is 383 g/mol. The molecule has 0 unspecified atom stereocenters. The Morgan fingerprint density at radius 1 is 1.04 bits per heavy atom. The van der Waals surface area contributed by atoms with E-state index in [2.05, 4.69) is 0 Å². The van der Waals surface area contributed by atoms with Crippen molar-refractivity contribution in [1.82, 2.24) is 14.7 Å². The number of amides is 4. The van der Waals surface area contributed by atoms with Crippen LogP contribution in [0.25, 0.3) is 0 Å². The fourth-order valence-electron chi connectivity index (χ4n) is 4.68. The molecule has 0 N–H and O–H groups in total. The molecule has 28 heavy (non-hydrogen) atoms. The van der Waals surface area contributed by atoms with Gasteiger partial charge in [0.05, 0.1) is 18.4 Å². The number of fused-ring (bicyclic) bond motifs is 1. The number of likely N-dealkylation sites (tertiary alicyclic amines) is 3. The normalized spacial score (nSPS) is 27.3. The second kappa shape index (κ2) is 7.37. The number of rotatable bonds is 3. The number of carbonyl (C=O) groups excluding carboxylic acids is 4. The van der Waals surface area contributed by atoms with Crippen LogP contribution in [0.15, 0.2) is 30.3 Å². The maximum Gasteiger partial charge on any atom is 0.253 e. The monoisotopic (exact) mass is 383 g/mol. The fraction of sp³-hybridized carbons (Fsp3) is 0.524. The molecular weight excluding hydrogens is 358 g/mol. The second-order valence-electron chi connectivity index (χ2n) is 7.92. The lowest BCUT2D eigenvalue weighted by atomic mass is 9.90. The molecule has 7 heteroatoms. The number of benzene rings is 1. The Morgan fingerprint density at radius 3 is 2.46 bits per heavy atom. The van der Waals surface area contributed by atoms with Gasteiger partial charge in [0, 0.05) is 26.6 Å². The SMILES string of the molecule is CC(=O)N1CC[C@@H](C(=O)N2CCC[C@H]3C(=O)N(Cc4ccccc4)C(=O)[C@H]32)C1. The van der Waals surface area contributed by atoms with E-state index in [0.717, 1.165) is 5.56 Å². The van der Waals surface area contributed by atoms with Gasteiger partial charge in [-0.15, -0.1) is 0 Å². The molecule has 4 rings (SSSR count). The summed E-state index contributed by atoms with van der Waals surface area (Å²) in [5.74, 6) is -1.30. The second-order valence-corrected chi connectivity index (χ2v) is 7.92. The molecule has 0 aromatic heterocycles. The Labute approximate surface area is 164 Å². The molecule has 0 bridgehead atoms. The predicted octanol–water partition coefficient (Wildman–Crippen LogP) is 1.03. The average Bonchev–Trinajstić information content (AvgIpc) is 3.29. The van der Waals surface area contributed by atoms with Gasteiger partial charge in [0.25, 0.3) is 5.91 Å². The zero-order valence-corrected chi connectivity index (χ0v) is 16.0. The Hall–Kier alpha value is -2.70. The molecule has 0 saturated carbocycles. The maximum absolute atomic E-state index is 13.1. The summed E-state index contributed by atoms with van der Waals surface area (Å²) in [6, 6.07) is 8.74. The zero-order chi connectivity index (χ0) is 19.8. The molecule has 3 aliphatic heterocycles. The van der Waals surface area contributed by atoms with Gasteiger partial charge in [-0.2, -0.15) is 0 Å². The van der Waals surface area contributed by atoms with E-state index in [0.29, 0.717) is 38.9 Å². The van der Waals surface area contributed by atoms with Crippen LogP contribution in [0.4, 0.5) is 0 Å². The third-order valence-corrected chi connectivity index (χ3v) is 6.18. The van der Waals surface area contributed by atoms with Crippen molar-refractivity contribution in [3.63, 3.8) is 0 Å². The molecule has 3 aliphatic rings. The molecule has 148 valence electrons. The highest BCUT2D eigenvalue weighted by Gasteiger charge is 2.53. The van der Waals surface area contributed by atoms with Crippen LogP contribution in [0, 0.1) is 11.8 Å². The van der Waals surface area contributed by atoms with Gasteiger partial charge in [-0.25, -0.2) is 0 Å². The van der Waals surface area contributed by atoms with E-state index >= 15 is 0 Å². The van der Waals surface area contributed by atoms with Crippen molar-refractivity contribution in [2.45, 2.75) is 38.8 Å². The number of piperidine rings is 1. The van der Waals surface area contributed by atoms with E-state index in [4.69, 9.17) is 0 Å². The summed E-state index contributed by atoms with van der Waals surface area (Å²) in [6.45, 7) is 3.22. The van der Waals surface area contributed by atoms with E-state index in [9.17, 15) is 19.2 Å². The van der Waals surface area contributed by atoms with E-state index in [1.165, 1.54) is 11.8 Å². The molecule has 3 atom stereocenters. The van der Waals surface area contributed by atoms with Crippen LogP contribution in [-0.2, 0) is 25.7 Å². The van der Waals surface area contributed by atoms with Crippen LogP contribution in [0.3, 0.4) is 0 Å². The van der Waals surface area contributed by atoms with E-state index < -0.39 is 12.0 Å². The minimum absolute atomic E-state index is 0.0343. The third kappa shape index (κ3) is 3.19. The third-order valence-electron chi connectivity index (χ3n) is 6.18. The van der Waals surface area contributed by atoms with Crippen molar-refractivity contribution >= 4 is 23.6 Å². The van der Waals surface area contributed by atoms with Crippen LogP contribution in [0.1, 0.15) is 31.7 Å². The Morgan fingerprint density at radius 2 is 1.79 bits per heavy atom. The first kappa shape index (κ1) is 18.7. The zero-order valence-electron chi connectivity index (χ0n) is 16.0. The van der Waals surface area contributed by atoms with E-state index in [1.807, 2.05) is 30.3 Å². The highest BCUT2D eigenvalue weighted by Crippen LogP contribution is 2.35. The Bertz CT molecular complexity index is 809. The molecule has 0 radical (unpaired) electrons. The van der Waals surface area contributed by atoms with Crippen molar-refractivity contribution < 1.29 is 19.2 Å². The van der Waals surface area contributed by atoms with Crippen LogP contribution in [-0.4, -0.2) is 64.0 Å². The lowest BCUT2D eigenvalue weighted by molar-refractivity contribution is -0.147. The summed E-state index contributed by atoms with van der Waals surface area (Å²) in [5.41, 5.74) is 0.897. The highest BCUT2D eigenvalue weighted by atomic mass is 16.2. The highest BCUT2D eigenvalue weighted by molar-refractivity contribution is 6.08. The first-order valence-electron chi connectivity index (χ1n) is 9.92. The van der Waals surface area contributed by atoms with Gasteiger partial charge in [0.1, 0.15) is 6.04 Å². The number of hydrogen-bond acceptors (Lipinski definition) is 4. The quantitative estimate of drug-likeness (QED) is 0.731. The first-order chi connectivity index (χ1) is 13.5. The molecule has 0 spiro atoms. The molecule has 3 fully saturated rings. The van der Waals surface area contributed by atoms with Gasteiger partial charge in [0.15, 0.2) is 0 Å². The number of imide groups is 1. The van der Waals surface area contributed by atoms with Gasteiger partial charge in [-0.1, -0.05) is 30.3 Å². The standard InChI is InChI=1S/C21H25N3O4/c1-14(25)22-11-9-16(13-22)19(26)23-10-5-8-17-18(23)21(28)24(20(17)27)12-15-6-3-2-4-7-15/h2-4,6-7,16-18H,5,8-13H2,1H3/t16-,17-,18+/m1/s1. The van der Waals surface area contributed by atoms with Crippen LogP contribution in [0.5, 0.6) is 0 Å². The van der Waals surface area contributed by atoms with Gasteiger partial charge in [0.2, 0.25) is 17.7 Å². The van der Waals surface area contributed by atoms with Gasteiger partial charge in [-0.3, -0.25) is 24.1 Å². The van der Waals surface area contributed by atoms with Crippen molar-refractivity contribution in [3.05, 3.63) is 35.9 Å². The molecule has 1 aromatic rings. The van der Waals surface area contributed by atoms with Crippen LogP contribution >= 0.6 is 0 Å². The van der Waals surface area contributed by atoms with Crippen molar-refractivity contribution in [2.75, 3.05) is 19.6 Å². The summed E-state index contributed by atoms with van der Waals surface area (Å²) >= 11 is 0.